The van der Waals surface area contributed by atoms with Crippen molar-refractivity contribution in [2.75, 3.05) is 24.7 Å². The minimum atomic E-state index is -2.87. The highest BCUT2D eigenvalue weighted by Crippen LogP contribution is 2.29. The first-order valence-electron chi connectivity index (χ1n) is 7.08. The van der Waals surface area contributed by atoms with Gasteiger partial charge >= 0.3 is 0 Å². The number of hydrogen-bond donors (Lipinski definition) is 1. The van der Waals surface area contributed by atoms with Crippen molar-refractivity contribution in [1.82, 2.24) is 0 Å². The summed E-state index contributed by atoms with van der Waals surface area (Å²) in [6.07, 6.45) is 7.48. The van der Waals surface area contributed by atoms with Crippen molar-refractivity contribution in [3.8, 4) is 0 Å². The Morgan fingerprint density at radius 2 is 1.78 bits per heavy atom. The average Bonchev–Trinajstić information content (AvgIpc) is 2.61. The van der Waals surface area contributed by atoms with E-state index >= 15 is 0 Å². The molecule has 0 saturated heterocycles. The van der Waals surface area contributed by atoms with Gasteiger partial charge in [-0.2, -0.15) is 0 Å². The summed E-state index contributed by atoms with van der Waals surface area (Å²) in [7, 11) is -2.87. The zero-order chi connectivity index (χ0) is 13.5. The van der Waals surface area contributed by atoms with E-state index in [1.54, 1.807) is 6.92 Å². The quantitative estimate of drug-likeness (QED) is 0.570. The van der Waals surface area contributed by atoms with E-state index in [2.05, 4.69) is 0 Å². The number of hydrogen-bond acceptors (Lipinski definition) is 4. The maximum Gasteiger partial charge on any atom is 0.150 e. The van der Waals surface area contributed by atoms with Crippen LogP contribution in [0, 0.1) is 0 Å². The average molecular weight is 277 g/mol. The second-order valence-electron chi connectivity index (χ2n) is 5.24. The number of ether oxygens (including phenoxy) is 1. The van der Waals surface area contributed by atoms with Gasteiger partial charge in [-0.1, -0.05) is 32.6 Å². The van der Waals surface area contributed by atoms with Gasteiger partial charge in [-0.3, -0.25) is 0 Å². The molecule has 0 unspecified atom stereocenters. The lowest BCUT2D eigenvalue weighted by atomic mass is 9.94. The highest BCUT2D eigenvalue weighted by Gasteiger charge is 2.30. The smallest absolute Gasteiger partial charge is 0.150 e. The molecule has 0 heterocycles. The minimum Gasteiger partial charge on any atom is -0.374 e. The van der Waals surface area contributed by atoms with E-state index < -0.39 is 9.84 Å². The molecule has 4 nitrogen and oxygen atoms in total. The van der Waals surface area contributed by atoms with Crippen molar-refractivity contribution in [2.24, 2.45) is 5.73 Å². The summed E-state index contributed by atoms with van der Waals surface area (Å²) in [5, 5.41) is 0. The molecule has 2 N–H and O–H groups in total. The summed E-state index contributed by atoms with van der Waals surface area (Å²) in [6.45, 7) is 2.74. The maximum atomic E-state index is 11.4. The predicted molar refractivity (Wildman–Crippen MR) is 74.4 cm³/mol. The molecule has 1 saturated carbocycles. The molecule has 0 aromatic rings. The summed E-state index contributed by atoms with van der Waals surface area (Å²) in [4.78, 5) is 0. The van der Waals surface area contributed by atoms with Gasteiger partial charge in [-0.05, 0) is 19.3 Å². The molecule has 1 rings (SSSR count). The molecule has 0 spiro atoms. The Hall–Kier alpha value is -0.130. The molecular weight excluding hydrogens is 250 g/mol. The lowest BCUT2D eigenvalue weighted by molar-refractivity contribution is -0.0488. The Kier molecular flexibility index (Phi) is 6.60. The minimum absolute atomic E-state index is 0.188. The number of rotatable bonds is 7. The highest BCUT2D eigenvalue weighted by molar-refractivity contribution is 7.91. The first kappa shape index (κ1) is 15.9. The third-order valence-electron chi connectivity index (χ3n) is 3.83. The van der Waals surface area contributed by atoms with E-state index in [1.807, 2.05) is 0 Å². The van der Waals surface area contributed by atoms with Crippen LogP contribution in [0.2, 0.25) is 0 Å². The summed E-state index contributed by atoms with van der Waals surface area (Å²) in [5.41, 5.74) is 5.67. The Bertz CT molecular complexity index is 319. The SMILES string of the molecule is CCS(=O)(=O)CCCOC1(CN)CCCCCC1. The summed E-state index contributed by atoms with van der Waals surface area (Å²) in [5.74, 6) is 0.444. The van der Waals surface area contributed by atoms with Crippen molar-refractivity contribution in [1.29, 1.82) is 0 Å². The molecule has 0 radical (unpaired) electrons. The van der Waals surface area contributed by atoms with Gasteiger partial charge in [0.2, 0.25) is 0 Å². The van der Waals surface area contributed by atoms with Gasteiger partial charge in [0.25, 0.3) is 0 Å². The van der Waals surface area contributed by atoms with Crippen molar-refractivity contribution in [2.45, 2.75) is 57.5 Å². The fourth-order valence-electron chi connectivity index (χ4n) is 2.49. The van der Waals surface area contributed by atoms with Gasteiger partial charge < -0.3 is 10.5 Å². The van der Waals surface area contributed by atoms with Gasteiger partial charge in [0.15, 0.2) is 0 Å². The summed E-state index contributed by atoms with van der Waals surface area (Å²) >= 11 is 0. The third-order valence-corrected chi connectivity index (χ3v) is 5.62. The monoisotopic (exact) mass is 277 g/mol. The van der Waals surface area contributed by atoms with E-state index in [4.69, 9.17) is 10.5 Å². The highest BCUT2D eigenvalue weighted by atomic mass is 32.2. The fourth-order valence-corrected chi connectivity index (χ4v) is 3.34. The van der Waals surface area contributed by atoms with Crippen LogP contribution in [0.4, 0.5) is 0 Å². The molecular formula is C13H27NO3S. The maximum absolute atomic E-state index is 11.4. The molecule has 18 heavy (non-hydrogen) atoms. The second-order valence-corrected chi connectivity index (χ2v) is 7.71. The Morgan fingerprint density at radius 1 is 1.17 bits per heavy atom. The third kappa shape index (κ3) is 5.24. The molecule has 0 amide bonds. The first-order valence-corrected chi connectivity index (χ1v) is 8.90. The lowest BCUT2D eigenvalue weighted by Gasteiger charge is -2.31. The molecule has 0 bridgehead atoms. The van der Waals surface area contributed by atoms with Gasteiger partial charge in [-0.25, -0.2) is 8.42 Å². The van der Waals surface area contributed by atoms with Crippen LogP contribution >= 0.6 is 0 Å². The molecule has 0 aliphatic heterocycles. The van der Waals surface area contributed by atoms with Crippen molar-refractivity contribution < 1.29 is 13.2 Å². The number of nitrogens with two attached hydrogens (primary N) is 1. The zero-order valence-corrected chi connectivity index (χ0v) is 12.3. The summed E-state index contributed by atoms with van der Waals surface area (Å²) in [6, 6.07) is 0. The van der Waals surface area contributed by atoms with Crippen molar-refractivity contribution >= 4 is 9.84 Å². The predicted octanol–water partition coefficient (Wildman–Crippen LogP) is 1.88. The van der Waals surface area contributed by atoms with Crippen LogP contribution < -0.4 is 5.73 Å². The molecule has 108 valence electrons. The van der Waals surface area contributed by atoms with Crippen LogP contribution in [0.3, 0.4) is 0 Å². The molecule has 0 atom stereocenters. The summed E-state index contributed by atoms with van der Waals surface area (Å²) < 4.78 is 28.7. The van der Waals surface area contributed by atoms with E-state index in [9.17, 15) is 8.42 Å². The molecule has 1 aliphatic carbocycles. The molecule has 1 fully saturated rings. The first-order chi connectivity index (χ1) is 8.54. The van der Waals surface area contributed by atoms with Crippen LogP contribution in [-0.4, -0.2) is 38.7 Å². The van der Waals surface area contributed by atoms with Crippen LogP contribution in [-0.2, 0) is 14.6 Å². The van der Waals surface area contributed by atoms with Gasteiger partial charge in [0.05, 0.1) is 11.4 Å². The van der Waals surface area contributed by atoms with E-state index in [-0.39, 0.29) is 17.1 Å². The zero-order valence-electron chi connectivity index (χ0n) is 11.5. The second kappa shape index (κ2) is 7.46. The van der Waals surface area contributed by atoms with Gasteiger partial charge in [0.1, 0.15) is 9.84 Å². The molecule has 1 aliphatic rings. The topological polar surface area (TPSA) is 69.4 Å². The molecule has 0 aromatic carbocycles. The fraction of sp³-hybridized carbons (Fsp3) is 1.00. The Labute approximate surface area is 111 Å². The van der Waals surface area contributed by atoms with Crippen LogP contribution in [0.15, 0.2) is 0 Å². The normalized spacial score (nSPS) is 20.6. The Morgan fingerprint density at radius 3 is 2.28 bits per heavy atom. The largest absolute Gasteiger partial charge is 0.374 e. The Balaban J connectivity index is 2.35. The van der Waals surface area contributed by atoms with Gasteiger partial charge in [0, 0.05) is 18.9 Å². The van der Waals surface area contributed by atoms with Crippen LogP contribution in [0.5, 0.6) is 0 Å². The standard InChI is InChI=1S/C13H27NO3S/c1-2-18(15,16)11-7-10-17-13(12-14)8-5-3-4-6-9-13/h2-12,14H2,1H3. The van der Waals surface area contributed by atoms with E-state index in [0.29, 0.717) is 19.6 Å². The molecule has 5 heteroatoms. The van der Waals surface area contributed by atoms with E-state index in [1.165, 1.54) is 25.7 Å². The van der Waals surface area contributed by atoms with E-state index in [0.717, 1.165) is 12.8 Å². The van der Waals surface area contributed by atoms with Crippen molar-refractivity contribution in [3.05, 3.63) is 0 Å². The van der Waals surface area contributed by atoms with Crippen LogP contribution in [0.1, 0.15) is 51.9 Å². The number of sulfone groups is 1. The van der Waals surface area contributed by atoms with Crippen molar-refractivity contribution in [3.63, 3.8) is 0 Å². The van der Waals surface area contributed by atoms with Crippen LogP contribution in [0.25, 0.3) is 0 Å². The van der Waals surface area contributed by atoms with Gasteiger partial charge in [-0.15, -0.1) is 0 Å². The molecule has 0 aromatic heterocycles. The lowest BCUT2D eigenvalue weighted by Crippen LogP contribution is -2.40.